The van der Waals surface area contributed by atoms with Gasteiger partial charge in [-0.25, -0.2) is 4.79 Å². The van der Waals surface area contributed by atoms with Crippen molar-refractivity contribution in [3.63, 3.8) is 0 Å². The predicted octanol–water partition coefficient (Wildman–Crippen LogP) is 3.76. The van der Waals surface area contributed by atoms with Crippen LogP contribution in [-0.4, -0.2) is 18.8 Å². The van der Waals surface area contributed by atoms with Gasteiger partial charge in [0.1, 0.15) is 5.03 Å². The molecule has 1 aromatic rings. The van der Waals surface area contributed by atoms with Crippen LogP contribution in [0.3, 0.4) is 0 Å². The lowest BCUT2D eigenvalue weighted by Gasteiger charge is -2.13. The molecule has 0 heterocycles. The second-order valence-corrected chi connectivity index (χ2v) is 3.65. The molecule has 0 atom stereocenters. The number of allylic oxidation sites excluding steroid dienone is 1. The Morgan fingerprint density at radius 3 is 2.28 bits per heavy atom. The van der Waals surface area contributed by atoms with Crippen molar-refractivity contribution >= 4 is 23.1 Å². The monoisotopic (exact) mass is 278 g/mol. The van der Waals surface area contributed by atoms with Crippen LogP contribution in [0.4, 0.5) is 13.2 Å². The minimum atomic E-state index is -4.73. The van der Waals surface area contributed by atoms with E-state index >= 15 is 0 Å². The van der Waals surface area contributed by atoms with E-state index in [0.29, 0.717) is 0 Å². The van der Waals surface area contributed by atoms with Gasteiger partial charge in [0.15, 0.2) is 0 Å². The summed E-state index contributed by atoms with van der Waals surface area (Å²) in [5.41, 5.74) is -1.37. The van der Waals surface area contributed by atoms with Gasteiger partial charge in [-0.2, -0.15) is 13.2 Å². The predicted molar refractivity (Wildman–Crippen MR) is 61.9 cm³/mol. The quantitative estimate of drug-likeness (QED) is 0.621. The molecule has 2 nitrogen and oxygen atoms in total. The lowest BCUT2D eigenvalue weighted by Crippen LogP contribution is -2.16. The molecule has 0 aliphatic carbocycles. The fourth-order valence-electron chi connectivity index (χ4n) is 1.32. The molecule has 98 valence electrons. The smallest absolute Gasteiger partial charge is 0.418 e. The van der Waals surface area contributed by atoms with E-state index in [-0.39, 0.29) is 12.2 Å². The maximum absolute atomic E-state index is 12.9. The first-order valence-corrected chi connectivity index (χ1v) is 5.45. The lowest BCUT2D eigenvalue weighted by atomic mass is 10.1. The lowest BCUT2D eigenvalue weighted by molar-refractivity contribution is -0.138. The second kappa shape index (κ2) is 5.91. The zero-order valence-corrected chi connectivity index (χ0v) is 10.2. The summed E-state index contributed by atoms with van der Waals surface area (Å²) in [6, 6.07) is 6.87. The average molecular weight is 279 g/mol. The van der Waals surface area contributed by atoms with E-state index in [1.807, 2.05) is 0 Å². The van der Waals surface area contributed by atoms with Crippen molar-refractivity contribution in [2.45, 2.75) is 13.1 Å². The Hall–Kier alpha value is -1.49. The maximum atomic E-state index is 12.9. The highest BCUT2D eigenvalue weighted by atomic mass is 35.5. The van der Waals surface area contributed by atoms with Gasteiger partial charge in [-0.3, -0.25) is 0 Å². The van der Waals surface area contributed by atoms with Crippen LogP contribution in [0.2, 0.25) is 0 Å². The number of hydrogen-bond donors (Lipinski definition) is 0. The summed E-state index contributed by atoms with van der Waals surface area (Å²) in [5, 5.41) is -0.962. The van der Waals surface area contributed by atoms with Gasteiger partial charge < -0.3 is 4.74 Å². The van der Waals surface area contributed by atoms with Gasteiger partial charge in [-0.1, -0.05) is 41.9 Å². The molecule has 0 saturated heterocycles. The molecule has 0 aromatic heterocycles. The highest BCUT2D eigenvalue weighted by Gasteiger charge is 2.39. The number of rotatable bonds is 3. The molecule has 0 spiro atoms. The molecule has 6 heteroatoms. The molecule has 0 saturated carbocycles. The zero-order valence-electron chi connectivity index (χ0n) is 9.42. The molecule has 0 aliphatic rings. The Morgan fingerprint density at radius 1 is 1.28 bits per heavy atom. The van der Waals surface area contributed by atoms with Crippen LogP contribution in [0.5, 0.6) is 0 Å². The molecule has 0 aliphatic heterocycles. The summed E-state index contributed by atoms with van der Waals surface area (Å²) in [6.45, 7) is 1.44. The van der Waals surface area contributed by atoms with Crippen molar-refractivity contribution in [2.75, 3.05) is 6.61 Å². The van der Waals surface area contributed by atoms with Crippen molar-refractivity contribution in [1.29, 1.82) is 0 Å². The van der Waals surface area contributed by atoms with Crippen LogP contribution in [-0.2, 0) is 9.53 Å². The van der Waals surface area contributed by atoms with Crippen molar-refractivity contribution in [2.24, 2.45) is 0 Å². The van der Waals surface area contributed by atoms with E-state index in [0.717, 1.165) is 0 Å². The third kappa shape index (κ3) is 3.50. The number of alkyl halides is 3. The number of halogens is 4. The second-order valence-electron chi connectivity index (χ2n) is 3.27. The van der Waals surface area contributed by atoms with Crippen molar-refractivity contribution in [3.05, 3.63) is 40.9 Å². The van der Waals surface area contributed by atoms with Gasteiger partial charge in [0.05, 0.1) is 12.2 Å². The largest absolute Gasteiger partial charge is 0.462 e. The minimum absolute atomic E-state index is 0.0466. The Morgan fingerprint density at radius 2 is 1.83 bits per heavy atom. The molecule has 0 fully saturated rings. The van der Waals surface area contributed by atoms with Crippen LogP contribution >= 0.6 is 11.6 Å². The zero-order chi connectivity index (χ0) is 13.8. The molecule has 1 aromatic carbocycles. The van der Waals surface area contributed by atoms with Crippen LogP contribution in [0.25, 0.3) is 5.57 Å². The highest BCUT2D eigenvalue weighted by Crippen LogP contribution is 2.37. The van der Waals surface area contributed by atoms with Crippen molar-refractivity contribution < 1.29 is 22.7 Å². The topological polar surface area (TPSA) is 26.3 Å². The van der Waals surface area contributed by atoms with Gasteiger partial charge in [0.25, 0.3) is 0 Å². The van der Waals surface area contributed by atoms with E-state index in [9.17, 15) is 18.0 Å². The van der Waals surface area contributed by atoms with E-state index in [1.54, 1.807) is 6.07 Å². The fraction of sp³-hybridized carbons (Fsp3) is 0.250. The molecule has 0 amide bonds. The van der Waals surface area contributed by atoms with Gasteiger partial charge in [-0.05, 0) is 12.5 Å². The highest BCUT2D eigenvalue weighted by molar-refractivity contribution is 6.44. The average Bonchev–Trinajstić information content (AvgIpc) is 2.29. The molecular formula is C12H10ClF3O2. The number of benzene rings is 1. The minimum Gasteiger partial charge on any atom is -0.462 e. The van der Waals surface area contributed by atoms with E-state index < -0.39 is 22.8 Å². The Kier molecular flexibility index (Phi) is 4.78. The number of esters is 1. The summed E-state index contributed by atoms with van der Waals surface area (Å²) in [7, 11) is 0. The molecule has 18 heavy (non-hydrogen) atoms. The third-order valence-electron chi connectivity index (χ3n) is 2.02. The van der Waals surface area contributed by atoms with Gasteiger partial charge in [-0.15, -0.1) is 0 Å². The van der Waals surface area contributed by atoms with Crippen LogP contribution < -0.4 is 0 Å². The molecule has 0 bridgehead atoms. The van der Waals surface area contributed by atoms with Crippen molar-refractivity contribution in [3.8, 4) is 0 Å². The summed E-state index contributed by atoms with van der Waals surface area (Å²) < 4.78 is 43.2. The maximum Gasteiger partial charge on any atom is 0.418 e. The summed E-state index contributed by atoms with van der Waals surface area (Å²) in [6.07, 6.45) is -4.73. The third-order valence-corrected chi connectivity index (χ3v) is 2.36. The molecule has 0 radical (unpaired) electrons. The normalized spacial score (nSPS) is 12.9. The summed E-state index contributed by atoms with van der Waals surface area (Å²) >= 11 is 5.48. The number of carbonyl (C=O) groups is 1. The first kappa shape index (κ1) is 14.6. The Bertz CT molecular complexity index is 452. The number of hydrogen-bond acceptors (Lipinski definition) is 2. The first-order chi connectivity index (χ1) is 8.38. The standard InChI is InChI=1S/C12H10ClF3O2/c1-2-18-11(17)10(13)9(12(14,15)16)8-6-4-3-5-7-8/h3-7H,2H2,1H3/b10-9-. The molecular weight excluding hydrogens is 269 g/mol. The first-order valence-electron chi connectivity index (χ1n) is 5.07. The molecule has 0 unspecified atom stereocenters. The van der Waals surface area contributed by atoms with Crippen LogP contribution in [0, 0.1) is 0 Å². The Balaban J connectivity index is 3.31. The van der Waals surface area contributed by atoms with Gasteiger partial charge in [0, 0.05) is 0 Å². The van der Waals surface area contributed by atoms with E-state index in [1.165, 1.54) is 31.2 Å². The molecule has 0 N–H and O–H groups in total. The summed E-state index contributed by atoms with van der Waals surface area (Å²) in [4.78, 5) is 11.3. The van der Waals surface area contributed by atoms with Gasteiger partial charge in [0.2, 0.25) is 0 Å². The van der Waals surface area contributed by atoms with E-state index in [2.05, 4.69) is 4.74 Å². The van der Waals surface area contributed by atoms with Crippen LogP contribution in [0.1, 0.15) is 12.5 Å². The Labute approximate surface area is 107 Å². The summed E-state index contributed by atoms with van der Waals surface area (Å²) in [5.74, 6) is -1.18. The van der Waals surface area contributed by atoms with E-state index in [4.69, 9.17) is 11.6 Å². The van der Waals surface area contributed by atoms with Gasteiger partial charge >= 0.3 is 12.1 Å². The number of ether oxygens (including phenoxy) is 1. The van der Waals surface area contributed by atoms with Crippen molar-refractivity contribution in [1.82, 2.24) is 0 Å². The van der Waals surface area contributed by atoms with Crippen LogP contribution in [0.15, 0.2) is 35.4 Å². The SMILES string of the molecule is CCOC(=O)/C(Cl)=C(\c1ccccc1)C(F)(F)F. The molecule has 1 rings (SSSR count). The number of carbonyl (C=O) groups excluding carboxylic acids is 1. The fourth-order valence-corrected chi connectivity index (χ4v) is 1.59.